The molecule has 2 unspecified atom stereocenters. The molecule has 0 bridgehead atoms. The smallest absolute Gasteiger partial charge is 0.374 e. The van der Waals surface area contributed by atoms with Crippen LogP contribution < -0.4 is 11.1 Å². The van der Waals surface area contributed by atoms with Crippen molar-refractivity contribution in [2.45, 2.75) is 50.8 Å². The molecule has 1 aromatic rings. The van der Waals surface area contributed by atoms with Gasteiger partial charge in [-0.05, 0) is 26.3 Å². The van der Waals surface area contributed by atoms with Crippen LogP contribution in [0.5, 0.6) is 0 Å². The standard InChI is InChI=1S/C19H27N3O4/c1-13(20)10-18(2,3)26-16(23)15-21-12-19(22-15,17(24)25-4)11-14-8-6-5-7-9-14/h5-9,13H,10-12,20H2,1-4H3,(H,21,22). The zero-order chi connectivity index (χ0) is 19.4. The Morgan fingerprint density at radius 1 is 1.35 bits per heavy atom. The van der Waals surface area contributed by atoms with Crippen molar-refractivity contribution in [3.63, 3.8) is 0 Å². The molecule has 142 valence electrons. The monoisotopic (exact) mass is 361 g/mol. The second-order valence-corrected chi connectivity index (χ2v) is 7.36. The quantitative estimate of drug-likeness (QED) is 0.708. The molecule has 26 heavy (non-hydrogen) atoms. The maximum absolute atomic E-state index is 12.5. The predicted octanol–water partition coefficient (Wildman–Crippen LogP) is 1.20. The summed E-state index contributed by atoms with van der Waals surface area (Å²) in [5.74, 6) is -1.04. The van der Waals surface area contributed by atoms with Crippen molar-refractivity contribution in [2.24, 2.45) is 10.7 Å². The van der Waals surface area contributed by atoms with Gasteiger partial charge in [0.25, 0.3) is 0 Å². The van der Waals surface area contributed by atoms with Gasteiger partial charge in [0.1, 0.15) is 5.60 Å². The van der Waals surface area contributed by atoms with Crippen LogP contribution in [0.3, 0.4) is 0 Å². The van der Waals surface area contributed by atoms with Crippen LogP contribution in [0.15, 0.2) is 35.3 Å². The molecule has 2 atom stereocenters. The zero-order valence-electron chi connectivity index (χ0n) is 15.7. The van der Waals surface area contributed by atoms with Crippen LogP contribution in [-0.2, 0) is 25.5 Å². The first-order chi connectivity index (χ1) is 12.2. The maximum Gasteiger partial charge on any atom is 0.374 e. The molecular formula is C19H27N3O4. The van der Waals surface area contributed by atoms with Crippen molar-refractivity contribution in [2.75, 3.05) is 13.7 Å². The van der Waals surface area contributed by atoms with Crippen LogP contribution in [-0.4, -0.2) is 48.6 Å². The largest absolute Gasteiger partial charge is 0.467 e. The molecular weight excluding hydrogens is 334 g/mol. The summed E-state index contributed by atoms with van der Waals surface area (Å²) in [4.78, 5) is 29.1. The lowest BCUT2D eigenvalue weighted by Crippen LogP contribution is -2.56. The van der Waals surface area contributed by atoms with Gasteiger partial charge >= 0.3 is 11.9 Å². The Hall–Kier alpha value is -2.41. The number of rotatable bonds is 7. The summed E-state index contributed by atoms with van der Waals surface area (Å²) in [5.41, 5.74) is 4.89. The molecule has 3 N–H and O–H groups in total. The highest BCUT2D eigenvalue weighted by molar-refractivity contribution is 6.36. The van der Waals surface area contributed by atoms with Crippen molar-refractivity contribution in [1.82, 2.24) is 5.32 Å². The van der Waals surface area contributed by atoms with Crippen molar-refractivity contribution in [1.29, 1.82) is 0 Å². The van der Waals surface area contributed by atoms with E-state index in [0.29, 0.717) is 12.8 Å². The molecule has 0 saturated heterocycles. The number of nitrogens with two attached hydrogens (primary N) is 1. The Balaban J connectivity index is 2.12. The Bertz CT molecular complexity index is 685. The highest BCUT2D eigenvalue weighted by Gasteiger charge is 2.46. The van der Waals surface area contributed by atoms with Crippen LogP contribution in [0.1, 0.15) is 32.8 Å². The molecule has 0 radical (unpaired) electrons. The second kappa shape index (κ2) is 7.86. The maximum atomic E-state index is 12.5. The molecule has 0 aromatic heterocycles. The van der Waals surface area contributed by atoms with Gasteiger partial charge < -0.3 is 20.5 Å². The van der Waals surface area contributed by atoms with Gasteiger partial charge in [-0.15, -0.1) is 0 Å². The number of esters is 2. The fraction of sp³-hybridized carbons (Fsp3) is 0.526. The highest BCUT2D eigenvalue weighted by atomic mass is 16.6. The first-order valence-electron chi connectivity index (χ1n) is 8.61. The molecule has 0 amide bonds. The number of amidine groups is 1. The van der Waals surface area contributed by atoms with E-state index in [2.05, 4.69) is 10.3 Å². The predicted molar refractivity (Wildman–Crippen MR) is 98.8 cm³/mol. The van der Waals surface area contributed by atoms with Gasteiger partial charge in [-0.3, -0.25) is 4.99 Å². The summed E-state index contributed by atoms with van der Waals surface area (Å²) < 4.78 is 10.5. The van der Waals surface area contributed by atoms with Crippen molar-refractivity contribution in [3.8, 4) is 0 Å². The zero-order valence-corrected chi connectivity index (χ0v) is 15.7. The molecule has 1 aliphatic rings. The Labute approximate surface area is 154 Å². The van der Waals surface area contributed by atoms with Gasteiger partial charge in [0.05, 0.1) is 13.7 Å². The number of nitrogens with zero attached hydrogens (tertiary/aromatic N) is 1. The third kappa shape index (κ3) is 4.82. The SMILES string of the molecule is COC(=O)C1(Cc2ccccc2)CN=C(C(=O)OC(C)(C)CC(C)N)N1. The summed E-state index contributed by atoms with van der Waals surface area (Å²) in [6.07, 6.45) is 0.863. The number of hydrogen-bond donors (Lipinski definition) is 2. The van der Waals surface area contributed by atoms with Gasteiger partial charge in [-0.2, -0.15) is 0 Å². The van der Waals surface area contributed by atoms with E-state index >= 15 is 0 Å². The molecule has 1 heterocycles. The summed E-state index contributed by atoms with van der Waals surface area (Å²) in [5, 5.41) is 2.95. The van der Waals surface area contributed by atoms with Gasteiger partial charge in [0.2, 0.25) is 5.84 Å². The number of hydrogen-bond acceptors (Lipinski definition) is 7. The summed E-state index contributed by atoms with van der Waals surface area (Å²) >= 11 is 0. The number of ether oxygens (including phenoxy) is 2. The molecule has 0 fully saturated rings. The molecule has 1 aromatic carbocycles. The van der Waals surface area contributed by atoms with Crippen molar-refractivity contribution >= 4 is 17.8 Å². The second-order valence-electron chi connectivity index (χ2n) is 7.36. The van der Waals surface area contributed by atoms with E-state index in [1.165, 1.54) is 7.11 Å². The minimum Gasteiger partial charge on any atom is -0.467 e. The number of methoxy groups -OCH3 is 1. The van der Waals surface area contributed by atoms with Crippen molar-refractivity contribution < 1.29 is 19.1 Å². The van der Waals surface area contributed by atoms with Gasteiger partial charge in [0, 0.05) is 18.9 Å². The van der Waals surface area contributed by atoms with E-state index in [9.17, 15) is 9.59 Å². The third-order valence-electron chi connectivity index (χ3n) is 4.17. The van der Waals surface area contributed by atoms with E-state index in [1.54, 1.807) is 13.8 Å². The van der Waals surface area contributed by atoms with Gasteiger partial charge in [-0.25, -0.2) is 9.59 Å². The molecule has 7 nitrogen and oxygen atoms in total. The number of nitrogens with one attached hydrogen (secondary N) is 1. The van der Waals surface area contributed by atoms with E-state index in [4.69, 9.17) is 15.2 Å². The third-order valence-corrected chi connectivity index (χ3v) is 4.17. The summed E-state index contributed by atoms with van der Waals surface area (Å²) in [6, 6.07) is 9.39. The lowest BCUT2D eigenvalue weighted by atomic mass is 9.91. The molecule has 0 aliphatic carbocycles. The molecule has 1 aliphatic heterocycles. The summed E-state index contributed by atoms with van der Waals surface area (Å²) in [7, 11) is 1.32. The van der Waals surface area contributed by atoms with Gasteiger partial charge in [-0.1, -0.05) is 30.3 Å². The average molecular weight is 361 g/mol. The number of benzene rings is 1. The van der Waals surface area contributed by atoms with E-state index < -0.39 is 23.1 Å². The Morgan fingerprint density at radius 2 is 2.00 bits per heavy atom. The topological polar surface area (TPSA) is 103 Å². The Kier molecular flexibility index (Phi) is 6.02. The summed E-state index contributed by atoms with van der Waals surface area (Å²) in [6.45, 7) is 5.54. The lowest BCUT2D eigenvalue weighted by molar-refractivity contribution is -0.149. The minimum atomic E-state index is -1.12. The van der Waals surface area contributed by atoms with Crippen LogP contribution in [0, 0.1) is 0 Å². The normalized spacial score (nSPS) is 20.7. The molecule has 2 rings (SSSR count). The first kappa shape index (κ1) is 19.9. The first-order valence-corrected chi connectivity index (χ1v) is 8.61. The number of carbonyl (C=O) groups excluding carboxylic acids is 2. The Morgan fingerprint density at radius 3 is 2.58 bits per heavy atom. The molecule has 7 heteroatoms. The fourth-order valence-electron chi connectivity index (χ4n) is 3.18. The lowest BCUT2D eigenvalue weighted by Gasteiger charge is -2.29. The van der Waals surface area contributed by atoms with E-state index in [1.807, 2.05) is 37.3 Å². The van der Waals surface area contributed by atoms with Crippen LogP contribution in [0.4, 0.5) is 0 Å². The number of carbonyl (C=O) groups is 2. The van der Waals surface area contributed by atoms with Crippen LogP contribution in [0.25, 0.3) is 0 Å². The van der Waals surface area contributed by atoms with Gasteiger partial charge in [0.15, 0.2) is 5.54 Å². The van der Waals surface area contributed by atoms with E-state index in [0.717, 1.165) is 5.56 Å². The fourth-order valence-corrected chi connectivity index (χ4v) is 3.18. The average Bonchev–Trinajstić information content (AvgIpc) is 2.99. The van der Waals surface area contributed by atoms with Crippen LogP contribution in [0.2, 0.25) is 0 Å². The highest BCUT2D eigenvalue weighted by Crippen LogP contribution is 2.22. The molecule has 0 saturated carbocycles. The minimum absolute atomic E-state index is 0.0316. The number of aliphatic imine (C=N–C) groups is 1. The molecule has 0 spiro atoms. The van der Waals surface area contributed by atoms with Crippen molar-refractivity contribution in [3.05, 3.63) is 35.9 Å². The van der Waals surface area contributed by atoms with Crippen LogP contribution >= 0.6 is 0 Å². The van der Waals surface area contributed by atoms with E-state index in [-0.39, 0.29) is 18.4 Å².